The molecule has 1 amide bonds. The van der Waals surface area contributed by atoms with Crippen molar-refractivity contribution >= 4 is 12.1 Å². The van der Waals surface area contributed by atoms with Gasteiger partial charge in [0.05, 0.1) is 13.2 Å². The molecule has 0 spiro atoms. The van der Waals surface area contributed by atoms with E-state index < -0.39 is 12.1 Å². The van der Waals surface area contributed by atoms with Crippen LogP contribution in [0.4, 0.5) is 4.79 Å². The molecular weight excluding hydrogens is 366 g/mol. The van der Waals surface area contributed by atoms with Crippen LogP contribution in [0.5, 0.6) is 0 Å². The van der Waals surface area contributed by atoms with Crippen LogP contribution in [0.25, 0.3) is 0 Å². The molecule has 0 aliphatic carbocycles. The number of hydrogen-bond donors (Lipinski definition) is 0. The van der Waals surface area contributed by atoms with Gasteiger partial charge in [0.2, 0.25) is 0 Å². The molecule has 0 aliphatic heterocycles. The highest BCUT2D eigenvalue weighted by Gasteiger charge is 2.31. The van der Waals surface area contributed by atoms with Crippen molar-refractivity contribution in [1.82, 2.24) is 4.90 Å². The molecule has 0 heterocycles. The molecule has 1 unspecified atom stereocenters. The van der Waals surface area contributed by atoms with Gasteiger partial charge in [-0.15, -0.1) is 0 Å². The van der Waals surface area contributed by atoms with Crippen LogP contribution in [0, 0.1) is 5.92 Å². The number of carbonyl (C=O) groups excluding carboxylic acids is 2. The lowest BCUT2D eigenvalue weighted by Gasteiger charge is -2.28. The van der Waals surface area contributed by atoms with Gasteiger partial charge in [-0.1, -0.05) is 98.3 Å². The molecule has 5 nitrogen and oxygen atoms in total. The molecule has 172 valence electrons. The first-order valence-corrected chi connectivity index (χ1v) is 12.0. The monoisotopic (exact) mass is 413 g/mol. The minimum absolute atomic E-state index is 0.0244. The first-order valence-electron chi connectivity index (χ1n) is 12.0. The third-order valence-electron chi connectivity index (χ3n) is 5.25. The summed E-state index contributed by atoms with van der Waals surface area (Å²) in [5.74, 6) is -0.359. The summed E-state index contributed by atoms with van der Waals surface area (Å²) in [7, 11) is 1.60. The second kappa shape index (κ2) is 18.7. The zero-order valence-electron chi connectivity index (χ0n) is 19.8. The maximum absolute atomic E-state index is 12.4. The lowest BCUT2D eigenvalue weighted by Crippen LogP contribution is -2.46. The van der Waals surface area contributed by atoms with Crippen molar-refractivity contribution in [1.29, 1.82) is 0 Å². The average molecular weight is 414 g/mol. The molecule has 0 aromatic rings. The Bertz CT molecular complexity index is 412. The fourth-order valence-corrected chi connectivity index (χ4v) is 3.48. The summed E-state index contributed by atoms with van der Waals surface area (Å²) in [5, 5.41) is 0. The first kappa shape index (κ1) is 27.7. The van der Waals surface area contributed by atoms with E-state index in [0.717, 1.165) is 19.3 Å². The lowest BCUT2D eigenvalue weighted by molar-refractivity contribution is -0.150. The zero-order chi connectivity index (χ0) is 21.9. The largest absolute Gasteiger partial charge is 0.464 e. The molecule has 0 bridgehead atoms. The van der Waals surface area contributed by atoms with E-state index in [1.54, 1.807) is 7.05 Å². The van der Waals surface area contributed by atoms with Crippen molar-refractivity contribution in [3.8, 4) is 0 Å². The predicted molar refractivity (Wildman–Crippen MR) is 120 cm³/mol. The first-order chi connectivity index (χ1) is 14.0. The number of likely N-dealkylation sites (N-methyl/N-ethyl adjacent to an activating group) is 1. The maximum Gasteiger partial charge on any atom is 0.410 e. The van der Waals surface area contributed by atoms with Gasteiger partial charge < -0.3 is 9.47 Å². The highest BCUT2D eigenvalue weighted by Crippen LogP contribution is 2.14. The summed E-state index contributed by atoms with van der Waals surface area (Å²) in [6.07, 6.45) is 15.6. The Morgan fingerprint density at radius 1 is 0.690 bits per heavy atom. The SMILES string of the molecule is CCCCCCCCCCCCCCOC(=O)C(C(C)C)N(C)C(=O)OCCC. The van der Waals surface area contributed by atoms with E-state index in [2.05, 4.69) is 6.92 Å². The van der Waals surface area contributed by atoms with Gasteiger partial charge in [-0.25, -0.2) is 9.59 Å². The molecule has 0 aliphatic rings. The van der Waals surface area contributed by atoms with Crippen LogP contribution in [0.2, 0.25) is 0 Å². The topological polar surface area (TPSA) is 55.8 Å². The van der Waals surface area contributed by atoms with Crippen LogP contribution >= 0.6 is 0 Å². The van der Waals surface area contributed by atoms with E-state index in [1.807, 2.05) is 20.8 Å². The number of ether oxygens (including phenoxy) is 2. The quantitative estimate of drug-likeness (QED) is 0.184. The average Bonchev–Trinajstić information content (AvgIpc) is 2.69. The number of amides is 1. The van der Waals surface area contributed by atoms with Gasteiger partial charge in [0.1, 0.15) is 6.04 Å². The van der Waals surface area contributed by atoms with E-state index in [0.29, 0.717) is 13.2 Å². The third kappa shape index (κ3) is 14.4. The minimum Gasteiger partial charge on any atom is -0.464 e. The van der Waals surface area contributed by atoms with E-state index in [4.69, 9.17) is 9.47 Å². The van der Waals surface area contributed by atoms with E-state index >= 15 is 0 Å². The Balaban J connectivity index is 3.82. The van der Waals surface area contributed by atoms with E-state index in [1.165, 1.54) is 69.1 Å². The number of unbranched alkanes of at least 4 members (excludes halogenated alkanes) is 11. The van der Waals surface area contributed by atoms with Gasteiger partial charge in [0.15, 0.2) is 0 Å². The molecule has 0 saturated carbocycles. The van der Waals surface area contributed by atoms with Gasteiger partial charge in [0, 0.05) is 7.05 Å². The van der Waals surface area contributed by atoms with Gasteiger partial charge >= 0.3 is 12.1 Å². The molecule has 0 rings (SSSR count). The van der Waals surface area contributed by atoms with Crippen molar-refractivity contribution < 1.29 is 19.1 Å². The summed E-state index contributed by atoms with van der Waals surface area (Å²) in [6, 6.07) is -0.600. The molecule has 0 N–H and O–H groups in total. The number of nitrogens with zero attached hydrogens (tertiary/aromatic N) is 1. The number of rotatable bonds is 18. The highest BCUT2D eigenvalue weighted by molar-refractivity contribution is 5.81. The molecular formula is C24H47NO4. The van der Waals surface area contributed by atoms with Gasteiger partial charge in [-0.3, -0.25) is 4.90 Å². The predicted octanol–water partition coefficient (Wildman–Crippen LogP) is 6.73. The summed E-state index contributed by atoms with van der Waals surface area (Å²) >= 11 is 0. The van der Waals surface area contributed by atoms with Gasteiger partial charge in [-0.05, 0) is 18.8 Å². The van der Waals surface area contributed by atoms with E-state index in [-0.39, 0.29) is 11.9 Å². The Morgan fingerprint density at radius 3 is 1.62 bits per heavy atom. The molecule has 0 aromatic heterocycles. The van der Waals surface area contributed by atoms with E-state index in [9.17, 15) is 9.59 Å². The molecule has 0 radical (unpaired) electrons. The Morgan fingerprint density at radius 2 is 1.17 bits per heavy atom. The van der Waals surface area contributed by atoms with Crippen LogP contribution in [-0.4, -0.2) is 43.3 Å². The lowest BCUT2D eigenvalue weighted by atomic mass is 10.0. The normalized spacial score (nSPS) is 12.1. The molecule has 5 heteroatoms. The van der Waals surface area contributed by atoms with Crippen LogP contribution in [-0.2, 0) is 14.3 Å². The summed E-state index contributed by atoms with van der Waals surface area (Å²) < 4.78 is 10.6. The zero-order valence-corrected chi connectivity index (χ0v) is 19.8. The molecule has 0 saturated heterocycles. The maximum atomic E-state index is 12.4. The standard InChI is InChI=1S/C24H47NO4/c1-6-8-9-10-11-12-13-14-15-16-17-18-20-28-23(26)22(21(3)4)25(5)24(27)29-19-7-2/h21-22H,6-20H2,1-5H3. The van der Waals surface area contributed by atoms with Crippen molar-refractivity contribution in [2.24, 2.45) is 5.92 Å². The number of hydrogen-bond acceptors (Lipinski definition) is 4. The number of carbonyl (C=O) groups is 2. The Hall–Kier alpha value is -1.26. The van der Waals surface area contributed by atoms with Crippen molar-refractivity contribution in [2.75, 3.05) is 20.3 Å². The smallest absolute Gasteiger partial charge is 0.410 e. The van der Waals surface area contributed by atoms with Crippen LogP contribution in [0.3, 0.4) is 0 Å². The molecule has 29 heavy (non-hydrogen) atoms. The Labute approximate surface area is 179 Å². The summed E-state index contributed by atoms with van der Waals surface area (Å²) in [6.45, 7) is 8.82. The van der Waals surface area contributed by atoms with Crippen molar-refractivity contribution in [2.45, 2.75) is 117 Å². The second-order valence-corrected chi connectivity index (χ2v) is 8.47. The van der Waals surface area contributed by atoms with Crippen LogP contribution in [0.1, 0.15) is 111 Å². The highest BCUT2D eigenvalue weighted by atomic mass is 16.6. The van der Waals surface area contributed by atoms with Gasteiger partial charge in [0.25, 0.3) is 0 Å². The summed E-state index contributed by atoms with van der Waals surface area (Å²) in [4.78, 5) is 25.8. The third-order valence-corrected chi connectivity index (χ3v) is 5.25. The molecule has 1 atom stereocenters. The summed E-state index contributed by atoms with van der Waals surface area (Å²) in [5.41, 5.74) is 0. The second-order valence-electron chi connectivity index (χ2n) is 8.47. The minimum atomic E-state index is -0.600. The fourth-order valence-electron chi connectivity index (χ4n) is 3.48. The molecule has 0 aromatic carbocycles. The van der Waals surface area contributed by atoms with Crippen LogP contribution < -0.4 is 0 Å². The van der Waals surface area contributed by atoms with Crippen molar-refractivity contribution in [3.05, 3.63) is 0 Å². The van der Waals surface area contributed by atoms with Crippen molar-refractivity contribution in [3.63, 3.8) is 0 Å². The van der Waals surface area contributed by atoms with Gasteiger partial charge in [-0.2, -0.15) is 0 Å². The number of esters is 1. The molecule has 0 fully saturated rings. The Kier molecular flexibility index (Phi) is 17.9. The fraction of sp³-hybridized carbons (Fsp3) is 0.917. The van der Waals surface area contributed by atoms with Crippen LogP contribution in [0.15, 0.2) is 0 Å².